The number of amides is 1. The summed E-state index contributed by atoms with van der Waals surface area (Å²) in [7, 11) is 0. The largest absolute Gasteiger partial charge is 0.366 e. The van der Waals surface area contributed by atoms with E-state index in [1.807, 2.05) is 23.6 Å². The van der Waals surface area contributed by atoms with Crippen LogP contribution in [0.1, 0.15) is 20.8 Å². The van der Waals surface area contributed by atoms with Gasteiger partial charge in [0.1, 0.15) is 0 Å². The Hall–Kier alpha value is -2.49. The van der Waals surface area contributed by atoms with E-state index >= 15 is 0 Å². The molecule has 0 aliphatic rings. The van der Waals surface area contributed by atoms with Crippen LogP contribution >= 0.6 is 11.3 Å². The normalized spacial score (nSPS) is 8.67. The number of benzene rings is 1. The molecule has 86 valence electrons. The fraction of sp³-hybridized carbons (Fsp3) is 0. The first kappa shape index (κ1) is 12.0. The van der Waals surface area contributed by atoms with E-state index in [1.165, 1.54) is 0 Å². The predicted molar refractivity (Wildman–Crippen MR) is 73.0 cm³/mol. The van der Waals surface area contributed by atoms with Crippen molar-refractivity contribution in [2.75, 3.05) is 0 Å². The fourth-order valence-electron chi connectivity index (χ4n) is 1.35. The topological polar surface area (TPSA) is 43.1 Å². The Morgan fingerprint density at radius 3 is 2.56 bits per heavy atom. The standard InChI is InChI=1S/C15H9NOS/c16-15(17)14-10-4-2-7-12(14)6-1-3-8-13-9-5-11-18-13/h2,4-5,7,9-11H,(H2,16,17). The molecular weight excluding hydrogens is 242 g/mol. The first-order chi connectivity index (χ1) is 8.77. The monoisotopic (exact) mass is 251 g/mol. The lowest BCUT2D eigenvalue weighted by Gasteiger charge is -1.97. The van der Waals surface area contributed by atoms with Crippen molar-refractivity contribution in [1.82, 2.24) is 0 Å². The third kappa shape index (κ3) is 3.01. The first-order valence-corrected chi connectivity index (χ1v) is 6.09. The van der Waals surface area contributed by atoms with Gasteiger partial charge in [-0.2, -0.15) is 0 Å². The highest BCUT2D eigenvalue weighted by molar-refractivity contribution is 7.10. The molecule has 0 bridgehead atoms. The van der Waals surface area contributed by atoms with Gasteiger partial charge in [-0.3, -0.25) is 4.79 Å². The Bertz CT molecular complexity index is 679. The zero-order chi connectivity index (χ0) is 12.8. The lowest BCUT2D eigenvalue weighted by Crippen LogP contribution is -2.12. The molecule has 3 heteroatoms. The van der Waals surface area contributed by atoms with Crippen LogP contribution in [0, 0.1) is 23.7 Å². The maximum Gasteiger partial charge on any atom is 0.249 e. The van der Waals surface area contributed by atoms with Crippen molar-refractivity contribution in [2.45, 2.75) is 0 Å². The summed E-state index contributed by atoms with van der Waals surface area (Å²) < 4.78 is 0. The summed E-state index contributed by atoms with van der Waals surface area (Å²) in [6.07, 6.45) is 0. The minimum Gasteiger partial charge on any atom is -0.366 e. The van der Waals surface area contributed by atoms with Gasteiger partial charge in [0, 0.05) is 5.56 Å². The Morgan fingerprint density at radius 1 is 1.06 bits per heavy atom. The van der Waals surface area contributed by atoms with Crippen LogP contribution in [0.5, 0.6) is 0 Å². The molecule has 0 saturated heterocycles. The van der Waals surface area contributed by atoms with E-state index in [1.54, 1.807) is 29.5 Å². The van der Waals surface area contributed by atoms with Crippen LogP contribution in [0.25, 0.3) is 0 Å². The highest BCUT2D eigenvalue weighted by Crippen LogP contribution is 2.06. The van der Waals surface area contributed by atoms with Crippen molar-refractivity contribution < 1.29 is 4.79 Å². The minimum absolute atomic E-state index is 0.419. The second kappa shape index (κ2) is 5.72. The van der Waals surface area contributed by atoms with Crippen LogP contribution in [0.4, 0.5) is 0 Å². The smallest absolute Gasteiger partial charge is 0.249 e. The molecule has 0 aliphatic carbocycles. The third-order valence-corrected chi connectivity index (χ3v) is 2.94. The SMILES string of the molecule is NC(=O)c1ccccc1C#CC#Cc1cccs1. The summed E-state index contributed by atoms with van der Waals surface area (Å²) in [5.74, 6) is 10.8. The Kier molecular flexibility index (Phi) is 3.81. The average Bonchev–Trinajstić information content (AvgIpc) is 2.88. The van der Waals surface area contributed by atoms with Crippen molar-refractivity contribution in [3.63, 3.8) is 0 Å². The zero-order valence-electron chi connectivity index (χ0n) is 9.44. The van der Waals surface area contributed by atoms with Crippen LogP contribution in [0.15, 0.2) is 41.8 Å². The number of thiophene rings is 1. The molecule has 1 heterocycles. The van der Waals surface area contributed by atoms with Crippen molar-refractivity contribution in [3.05, 3.63) is 57.8 Å². The Morgan fingerprint density at radius 2 is 1.83 bits per heavy atom. The van der Waals surface area contributed by atoms with E-state index in [0.29, 0.717) is 11.1 Å². The lowest BCUT2D eigenvalue weighted by molar-refractivity contribution is 0.1000. The van der Waals surface area contributed by atoms with Crippen LogP contribution in [-0.4, -0.2) is 5.91 Å². The number of hydrogen-bond donors (Lipinski definition) is 1. The number of rotatable bonds is 1. The minimum atomic E-state index is -0.480. The van der Waals surface area contributed by atoms with Gasteiger partial charge in [0.15, 0.2) is 0 Å². The van der Waals surface area contributed by atoms with Crippen LogP contribution < -0.4 is 5.73 Å². The van der Waals surface area contributed by atoms with Gasteiger partial charge in [-0.25, -0.2) is 0 Å². The molecule has 0 aliphatic heterocycles. The molecule has 0 unspecified atom stereocenters. The molecule has 0 atom stereocenters. The van der Waals surface area contributed by atoms with Crippen LogP contribution in [0.2, 0.25) is 0 Å². The van der Waals surface area contributed by atoms with Gasteiger partial charge in [0.05, 0.1) is 10.4 Å². The van der Waals surface area contributed by atoms with Crippen molar-refractivity contribution in [1.29, 1.82) is 0 Å². The van der Waals surface area contributed by atoms with E-state index in [-0.39, 0.29) is 0 Å². The summed E-state index contributed by atoms with van der Waals surface area (Å²) >= 11 is 1.56. The van der Waals surface area contributed by atoms with Crippen molar-refractivity contribution in [2.24, 2.45) is 5.73 Å². The Balaban J connectivity index is 2.23. The van der Waals surface area contributed by atoms with Crippen molar-refractivity contribution >= 4 is 17.2 Å². The number of primary amides is 1. The highest BCUT2D eigenvalue weighted by Gasteiger charge is 2.03. The van der Waals surface area contributed by atoms with E-state index in [0.717, 1.165) is 4.88 Å². The number of nitrogens with two attached hydrogens (primary N) is 1. The molecule has 0 spiro atoms. The predicted octanol–water partition coefficient (Wildman–Crippen LogP) is 2.25. The summed E-state index contributed by atoms with van der Waals surface area (Å²) in [5.41, 5.74) is 6.28. The number of carbonyl (C=O) groups excluding carboxylic acids is 1. The summed E-state index contributed by atoms with van der Waals surface area (Å²) in [6, 6.07) is 10.8. The molecule has 18 heavy (non-hydrogen) atoms. The number of hydrogen-bond acceptors (Lipinski definition) is 2. The van der Waals surface area contributed by atoms with Crippen molar-refractivity contribution in [3.8, 4) is 23.7 Å². The van der Waals surface area contributed by atoms with Gasteiger partial charge in [-0.15, -0.1) is 11.3 Å². The number of carbonyl (C=O) groups is 1. The molecule has 1 aromatic carbocycles. The first-order valence-electron chi connectivity index (χ1n) is 5.22. The molecule has 2 N–H and O–H groups in total. The zero-order valence-corrected chi connectivity index (χ0v) is 10.3. The summed E-state index contributed by atoms with van der Waals surface area (Å²) in [4.78, 5) is 12.1. The van der Waals surface area contributed by atoms with E-state index in [4.69, 9.17) is 5.73 Å². The molecule has 2 rings (SSSR count). The van der Waals surface area contributed by atoms with Gasteiger partial charge in [-0.05, 0) is 41.3 Å². The van der Waals surface area contributed by atoms with Gasteiger partial charge < -0.3 is 5.73 Å². The Labute approximate surface area is 109 Å². The molecule has 0 saturated carbocycles. The van der Waals surface area contributed by atoms with E-state index in [2.05, 4.69) is 23.7 Å². The molecule has 0 radical (unpaired) electrons. The molecule has 2 aromatic rings. The maximum atomic E-state index is 11.2. The molecule has 0 fully saturated rings. The quantitative estimate of drug-likeness (QED) is 0.776. The summed E-state index contributed by atoms with van der Waals surface area (Å²) in [6.45, 7) is 0. The van der Waals surface area contributed by atoms with Crippen LogP contribution in [-0.2, 0) is 0 Å². The molecular formula is C15H9NOS. The summed E-state index contributed by atoms with van der Waals surface area (Å²) in [5, 5.41) is 1.96. The van der Waals surface area contributed by atoms with E-state index < -0.39 is 5.91 Å². The third-order valence-electron chi connectivity index (χ3n) is 2.16. The maximum absolute atomic E-state index is 11.2. The fourth-order valence-corrected chi connectivity index (χ4v) is 1.92. The second-order valence-electron chi connectivity index (χ2n) is 3.39. The highest BCUT2D eigenvalue weighted by atomic mass is 32.1. The van der Waals surface area contributed by atoms with Gasteiger partial charge in [0.25, 0.3) is 0 Å². The molecule has 1 amide bonds. The average molecular weight is 251 g/mol. The van der Waals surface area contributed by atoms with Crippen LogP contribution in [0.3, 0.4) is 0 Å². The molecule has 1 aromatic heterocycles. The lowest BCUT2D eigenvalue weighted by atomic mass is 10.1. The second-order valence-corrected chi connectivity index (χ2v) is 4.33. The van der Waals surface area contributed by atoms with Gasteiger partial charge in [0.2, 0.25) is 5.91 Å². The van der Waals surface area contributed by atoms with Gasteiger partial charge in [-0.1, -0.05) is 24.1 Å². The van der Waals surface area contributed by atoms with E-state index in [9.17, 15) is 4.79 Å². The molecule has 2 nitrogen and oxygen atoms in total. The van der Waals surface area contributed by atoms with Gasteiger partial charge >= 0.3 is 0 Å².